The van der Waals surface area contributed by atoms with E-state index in [4.69, 9.17) is 10.00 Å². The quantitative estimate of drug-likeness (QED) is 0.782. The first-order valence-electron chi connectivity index (χ1n) is 4.69. The van der Waals surface area contributed by atoms with Gasteiger partial charge in [-0.15, -0.1) is 0 Å². The zero-order valence-corrected chi connectivity index (χ0v) is 10.1. The third-order valence-corrected chi connectivity index (χ3v) is 3.51. The fourth-order valence-electron chi connectivity index (χ4n) is 1.70. The molecule has 0 radical (unpaired) electrons. The van der Waals surface area contributed by atoms with E-state index >= 15 is 0 Å². The predicted molar refractivity (Wildman–Crippen MR) is 57.1 cm³/mol. The number of hydrogen-bond acceptors (Lipinski definition) is 2. The Morgan fingerprint density at radius 2 is 2.12 bits per heavy atom. The molecule has 0 N–H and O–H groups in total. The second kappa shape index (κ2) is 3.70. The summed E-state index contributed by atoms with van der Waals surface area (Å²) in [7, 11) is 1.37. The molecule has 0 spiro atoms. The van der Waals surface area contributed by atoms with Gasteiger partial charge in [-0.25, -0.2) is 8.78 Å². The molecule has 2 nitrogen and oxygen atoms in total. The second-order valence-electron chi connectivity index (χ2n) is 3.76. The minimum Gasteiger partial charge on any atom is -0.495 e. The van der Waals surface area contributed by atoms with Gasteiger partial charge < -0.3 is 4.74 Å². The lowest BCUT2D eigenvalue weighted by molar-refractivity contribution is 0.394. The Hall–Kier alpha value is -1.15. The van der Waals surface area contributed by atoms with Crippen LogP contribution in [0, 0.1) is 23.0 Å². The third-order valence-electron chi connectivity index (χ3n) is 2.80. The molecule has 0 amide bonds. The van der Waals surface area contributed by atoms with E-state index in [-0.39, 0.29) is 10.2 Å². The monoisotopic (exact) mass is 287 g/mol. The van der Waals surface area contributed by atoms with Crippen molar-refractivity contribution in [2.75, 3.05) is 7.11 Å². The summed E-state index contributed by atoms with van der Waals surface area (Å²) in [5, 5.41) is 9.04. The van der Waals surface area contributed by atoms with Crippen molar-refractivity contribution in [3.8, 4) is 11.8 Å². The van der Waals surface area contributed by atoms with Gasteiger partial charge in [0.1, 0.15) is 5.75 Å². The topological polar surface area (TPSA) is 33.0 Å². The molecule has 0 heterocycles. The van der Waals surface area contributed by atoms with Crippen LogP contribution in [0.3, 0.4) is 0 Å². The van der Waals surface area contributed by atoms with Gasteiger partial charge in [0.15, 0.2) is 11.6 Å². The van der Waals surface area contributed by atoms with Crippen molar-refractivity contribution < 1.29 is 13.5 Å². The summed E-state index contributed by atoms with van der Waals surface area (Å²) >= 11 is 2.94. The lowest BCUT2D eigenvalue weighted by Crippen LogP contribution is -2.08. The molecule has 0 aliphatic heterocycles. The van der Waals surface area contributed by atoms with Gasteiger partial charge in [-0.3, -0.25) is 0 Å². The van der Waals surface area contributed by atoms with Gasteiger partial charge in [0.05, 0.1) is 23.1 Å². The average molecular weight is 288 g/mol. The highest BCUT2D eigenvalue weighted by Crippen LogP contribution is 2.52. The Kier molecular flexibility index (Phi) is 2.62. The number of hydrogen-bond donors (Lipinski definition) is 0. The van der Waals surface area contributed by atoms with Crippen molar-refractivity contribution in [3.05, 3.63) is 27.7 Å². The first-order valence-corrected chi connectivity index (χ1v) is 5.48. The second-order valence-corrected chi connectivity index (χ2v) is 4.55. The molecule has 0 saturated heterocycles. The van der Waals surface area contributed by atoms with Gasteiger partial charge in [0.25, 0.3) is 0 Å². The first-order chi connectivity index (χ1) is 7.55. The molecule has 5 heteroatoms. The Bertz CT molecular complexity index is 492. The molecule has 16 heavy (non-hydrogen) atoms. The standard InChI is InChI=1S/C11H8BrF2NO/c1-16-10-6(11(5-15)2-3-11)4-7(13)9(14)8(10)12/h4H,2-3H2,1H3. The van der Waals surface area contributed by atoms with E-state index in [0.717, 1.165) is 6.07 Å². The minimum atomic E-state index is -0.991. The van der Waals surface area contributed by atoms with E-state index in [1.165, 1.54) is 7.11 Å². The van der Waals surface area contributed by atoms with Crippen molar-refractivity contribution in [1.82, 2.24) is 0 Å². The lowest BCUT2D eigenvalue weighted by atomic mass is 9.96. The number of nitriles is 1. The van der Waals surface area contributed by atoms with Crippen molar-refractivity contribution >= 4 is 15.9 Å². The van der Waals surface area contributed by atoms with E-state index in [0.29, 0.717) is 18.4 Å². The van der Waals surface area contributed by atoms with Crippen LogP contribution in [0.4, 0.5) is 8.78 Å². The van der Waals surface area contributed by atoms with E-state index in [1.807, 2.05) is 0 Å². The Labute approximate surface area is 100.0 Å². The number of benzene rings is 1. The summed E-state index contributed by atoms with van der Waals surface area (Å²) in [5.41, 5.74) is -0.286. The summed E-state index contributed by atoms with van der Waals surface area (Å²) in [4.78, 5) is 0. The molecule has 1 aliphatic rings. The molecule has 84 valence electrons. The highest BCUT2D eigenvalue weighted by Gasteiger charge is 2.48. The smallest absolute Gasteiger partial charge is 0.176 e. The molecule has 2 rings (SSSR count). The minimum absolute atomic E-state index is 0.0634. The Morgan fingerprint density at radius 3 is 2.56 bits per heavy atom. The first kappa shape index (κ1) is 11.3. The van der Waals surface area contributed by atoms with Crippen LogP contribution < -0.4 is 4.74 Å². The van der Waals surface area contributed by atoms with Crippen LogP contribution in [0.15, 0.2) is 10.5 Å². The van der Waals surface area contributed by atoms with Gasteiger partial charge in [0.2, 0.25) is 0 Å². The van der Waals surface area contributed by atoms with E-state index in [2.05, 4.69) is 22.0 Å². The molecule has 1 fully saturated rings. The van der Waals surface area contributed by atoms with Crippen molar-refractivity contribution in [1.29, 1.82) is 5.26 Å². The van der Waals surface area contributed by atoms with Crippen LogP contribution in [-0.2, 0) is 5.41 Å². The molecule has 0 bridgehead atoms. The number of methoxy groups -OCH3 is 1. The molecule has 0 aromatic heterocycles. The van der Waals surface area contributed by atoms with Gasteiger partial charge in [-0.2, -0.15) is 5.26 Å². The highest BCUT2D eigenvalue weighted by atomic mass is 79.9. The summed E-state index contributed by atoms with van der Waals surface area (Å²) in [6.07, 6.45) is 1.30. The van der Waals surface area contributed by atoms with Crippen molar-refractivity contribution in [2.45, 2.75) is 18.3 Å². The molecule has 1 aromatic rings. The molecule has 1 aliphatic carbocycles. The van der Waals surface area contributed by atoms with Gasteiger partial charge in [-0.05, 0) is 34.8 Å². The SMILES string of the molecule is COc1c(C2(C#N)CC2)cc(F)c(F)c1Br. The number of halogens is 3. The zero-order chi connectivity index (χ0) is 11.9. The fourth-order valence-corrected chi connectivity index (χ4v) is 2.26. The highest BCUT2D eigenvalue weighted by molar-refractivity contribution is 9.10. The maximum Gasteiger partial charge on any atom is 0.176 e. The molecule has 1 saturated carbocycles. The zero-order valence-electron chi connectivity index (χ0n) is 8.48. The lowest BCUT2D eigenvalue weighted by Gasteiger charge is -2.14. The maximum absolute atomic E-state index is 13.3. The summed E-state index contributed by atoms with van der Waals surface area (Å²) in [5.74, 6) is -1.75. The number of nitrogens with zero attached hydrogens (tertiary/aromatic N) is 1. The molecule has 1 aromatic carbocycles. The summed E-state index contributed by atoms with van der Waals surface area (Å²) in [6.45, 7) is 0. The summed E-state index contributed by atoms with van der Waals surface area (Å²) < 4.78 is 31.5. The van der Waals surface area contributed by atoms with E-state index in [9.17, 15) is 8.78 Å². The summed E-state index contributed by atoms with van der Waals surface area (Å²) in [6, 6.07) is 3.18. The third kappa shape index (κ3) is 1.49. The van der Waals surface area contributed by atoms with Crippen LogP contribution >= 0.6 is 15.9 Å². The normalized spacial score (nSPS) is 16.7. The van der Waals surface area contributed by atoms with Crippen LogP contribution in [0.2, 0.25) is 0 Å². The Morgan fingerprint density at radius 1 is 1.50 bits per heavy atom. The van der Waals surface area contributed by atoms with Crippen molar-refractivity contribution in [2.24, 2.45) is 0 Å². The molecule has 0 atom stereocenters. The van der Waals surface area contributed by atoms with Crippen LogP contribution in [0.5, 0.6) is 5.75 Å². The number of ether oxygens (including phenoxy) is 1. The van der Waals surface area contributed by atoms with Crippen LogP contribution in [-0.4, -0.2) is 7.11 Å². The molecular weight excluding hydrogens is 280 g/mol. The van der Waals surface area contributed by atoms with Gasteiger partial charge in [-0.1, -0.05) is 0 Å². The average Bonchev–Trinajstić information content (AvgIpc) is 3.06. The Balaban J connectivity index is 2.67. The molecular formula is C11H8BrF2NO. The van der Waals surface area contributed by atoms with Gasteiger partial charge in [0, 0.05) is 5.56 Å². The van der Waals surface area contributed by atoms with Crippen LogP contribution in [0.1, 0.15) is 18.4 Å². The van der Waals surface area contributed by atoms with Crippen LogP contribution in [0.25, 0.3) is 0 Å². The van der Waals surface area contributed by atoms with Gasteiger partial charge >= 0.3 is 0 Å². The van der Waals surface area contributed by atoms with E-state index < -0.39 is 17.0 Å². The molecule has 0 unspecified atom stereocenters. The number of rotatable bonds is 2. The van der Waals surface area contributed by atoms with Crippen molar-refractivity contribution in [3.63, 3.8) is 0 Å². The maximum atomic E-state index is 13.3. The predicted octanol–water partition coefficient (Wildman–Crippen LogP) is 3.29. The fraction of sp³-hybridized carbons (Fsp3) is 0.364. The largest absolute Gasteiger partial charge is 0.495 e. The van der Waals surface area contributed by atoms with E-state index in [1.54, 1.807) is 0 Å².